The molecule has 0 aliphatic heterocycles. The molecule has 0 saturated carbocycles. The topological polar surface area (TPSA) is 66.4 Å². The number of carbonyl (C=O) groups excluding carboxylic acids is 1. The third-order valence-corrected chi connectivity index (χ3v) is 4.05. The lowest BCUT2D eigenvalue weighted by atomic mass is 10.1. The van der Waals surface area contributed by atoms with E-state index in [4.69, 9.17) is 5.11 Å². The van der Waals surface area contributed by atoms with Gasteiger partial charge in [-0.2, -0.15) is 0 Å². The highest BCUT2D eigenvalue weighted by atomic mass is 32.1. The molecule has 2 aromatic rings. The van der Waals surface area contributed by atoms with Gasteiger partial charge in [-0.25, -0.2) is 4.79 Å². The van der Waals surface area contributed by atoms with Crippen LogP contribution in [0.3, 0.4) is 0 Å². The number of benzene rings is 1. The Morgan fingerprint density at radius 3 is 2.57 bits per heavy atom. The van der Waals surface area contributed by atoms with E-state index in [9.17, 15) is 9.59 Å². The first-order chi connectivity index (χ1) is 10.1. The zero-order valence-electron chi connectivity index (χ0n) is 11.7. The highest BCUT2D eigenvalue weighted by molar-refractivity contribution is 7.12. The molecule has 4 nitrogen and oxygen atoms in total. The molecule has 0 unspecified atom stereocenters. The minimum atomic E-state index is -0.997. The second kappa shape index (κ2) is 7.04. The fourth-order valence-corrected chi connectivity index (χ4v) is 2.92. The van der Waals surface area contributed by atoms with Crippen molar-refractivity contribution in [2.24, 2.45) is 0 Å². The summed E-state index contributed by atoms with van der Waals surface area (Å²) >= 11 is 1.32. The molecule has 2 N–H and O–H groups in total. The number of hydrogen-bond donors (Lipinski definition) is 2. The maximum atomic E-state index is 12.3. The van der Waals surface area contributed by atoms with E-state index in [1.807, 2.05) is 48.7 Å². The number of aliphatic carboxylic acids is 1. The molecule has 0 radical (unpaired) electrons. The van der Waals surface area contributed by atoms with Crippen molar-refractivity contribution < 1.29 is 14.7 Å². The van der Waals surface area contributed by atoms with Crippen LogP contribution in [0.2, 0.25) is 0 Å². The van der Waals surface area contributed by atoms with Crippen LogP contribution < -0.4 is 5.32 Å². The Morgan fingerprint density at radius 1 is 1.24 bits per heavy atom. The lowest BCUT2D eigenvalue weighted by Crippen LogP contribution is -2.40. The first-order valence-electron chi connectivity index (χ1n) is 6.80. The second-order valence-electron chi connectivity index (χ2n) is 4.68. The van der Waals surface area contributed by atoms with Gasteiger partial charge in [0.25, 0.3) is 5.91 Å². The summed E-state index contributed by atoms with van der Waals surface area (Å²) in [7, 11) is 0. The summed E-state index contributed by atoms with van der Waals surface area (Å²) < 4.78 is 0. The summed E-state index contributed by atoms with van der Waals surface area (Å²) in [4.78, 5) is 24.0. The van der Waals surface area contributed by atoms with E-state index >= 15 is 0 Å². The summed E-state index contributed by atoms with van der Waals surface area (Å²) in [6.45, 7) is 1.89. The lowest BCUT2D eigenvalue weighted by molar-refractivity contribution is -0.139. The van der Waals surface area contributed by atoms with Crippen molar-refractivity contribution in [3.8, 4) is 11.1 Å². The van der Waals surface area contributed by atoms with Crippen LogP contribution in [-0.4, -0.2) is 23.0 Å². The second-order valence-corrected chi connectivity index (χ2v) is 5.60. The molecule has 5 heteroatoms. The average molecular weight is 303 g/mol. The number of carbonyl (C=O) groups is 2. The van der Waals surface area contributed by atoms with Crippen LogP contribution in [-0.2, 0) is 4.79 Å². The molecule has 0 spiro atoms. The van der Waals surface area contributed by atoms with Gasteiger partial charge in [0, 0.05) is 5.56 Å². The fraction of sp³-hybridized carbons (Fsp3) is 0.250. The van der Waals surface area contributed by atoms with E-state index < -0.39 is 12.0 Å². The van der Waals surface area contributed by atoms with E-state index in [1.54, 1.807) is 0 Å². The Kier molecular flexibility index (Phi) is 5.11. The quantitative estimate of drug-likeness (QED) is 0.859. The van der Waals surface area contributed by atoms with Crippen LogP contribution in [0.25, 0.3) is 11.1 Å². The monoisotopic (exact) mass is 303 g/mol. The molecule has 0 aliphatic rings. The number of hydrogen-bond acceptors (Lipinski definition) is 3. The molecule has 1 atom stereocenters. The number of amides is 1. The molecule has 0 bridgehead atoms. The van der Waals surface area contributed by atoms with E-state index in [0.717, 1.165) is 11.1 Å². The van der Waals surface area contributed by atoms with Crippen LogP contribution in [0.1, 0.15) is 29.4 Å². The van der Waals surface area contributed by atoms with Gasteiger partial charge in [0.2, 0.25) is 0 Å². The minimum absolute atomic E-state index is 0.329. The van der Waals surface area contributed by atoms with E-state index in [2.05, 4.69) is 5.32 Å². The molecule has 0 fully saturated rings. The minimum Gasteiger partial charge on any atom is -0.480 e. The van der Waals surface area contributed by atoms with Crippen molar-refractivity contribution in [3.05, 3.63) is 46.7 Å². The molecule has 1 aromatic carbocycles. The van der Waals surface area contributed by atoms with Gasteiger partial charge in [-0.3, -0.25) is 4.79 Å². The Hall–Kier alpha value is -2.14. The van der Waals surface area contributed by atoms with E-state index in [-0.39, 0.29) is 5.91 Å². The normalized spacial score (nSPS) is 11.9. The van der Waals surface area contributed by atoms with Crippen molar-refractivity contribution in [2.75, 3.05) is 0 Å². The standard InChI is InChI=1S/C16H17NO3S/c1-2-6-13(16(19)20)17-15(18)14-12(9-10-21-14)11-7-4-3-5-8-11/h3-5,7-10,13H,2,6H2,1H3,(H,17,18)(H,19,20)/t13-/m1/s1. The van der Waals surface area contributed by atoms with Gasteiger partial charge >= 0.3 is 5.97 Å². The van der Waals surface area contributed by atoms with Gasteiger partial charge in [-0.15, -0.1) is 11.3 Å². The molecule has 110 valence electrons. The SMILES string of the molecule is CCC[C@@H](NC(=O)c1sccc1-c1ccccc1)C(=O)O. The lowest BCUT2D eigenvalue weighted by Gasteiger charge is -2.13. The van der Waals surface area contributed by atoms with E-state index in [0.29, 0.717) is 17.7 Å². The maximum Gasteiger partial charge on any atom is 0.326 e. The molecular weight excluding hydrogens is 286 g/mol. The van der Waals surface area contributed by atoms with E-state index in [1.165, 1.54) is 11.3 Å². The van der Waals surface area contributed by atoms with Crippen LogP contribution in [0.4, 0.5) is 0 Å². The molecule has 1 amide bonds. The average Bonchev–Trinajstić information content (AvgIpc) is 2.97. The molecule has 2 rings (SSSR count). The summed E-state index contributed by atoms with van der Waals surface area (Å²) in [5, 5.41) is 13.6. The number of nitrogens with one attached hydrogen (secondary N) is 1. The molecule has 1 heterocycles. The Morgan fingerprint density at radius 2 is 1.95 bits per heavy atom. The van der Waals surface area contributed by atoms with Crippen LogP contribution in [0, 0.1) is 0 Å². The first-order valence-corrected chi connectivity index (χ1v) is 7.68. The number of carboxylic acid groups (broad SMARTS) is 1. The zero-order valence-corrected chi connectivity index (χ0v) is 12.5. The van der Waals surface area contributed by atoms with Crippen molar-refractivity contribution >= 4 is 23.2 Å². The van der Waals surface area contributed by atoms with Crippen LogP contribution in [0.15, 0.2) is 41.8 Å². The number of rotatable bonds is 6. The van der Waals surface area contributed by atoms with Gasteiger partial charge in [0.15, 0.2) is 0 Å². The fourth-order valence-electron chi connectivity index (χ4n) is 2.10. The smallest absolute Gasteiger partial charge is 0.326 e. The van der Waals surface area contributed by atoms with Gasteiger partial charge in [-0.05, 0) is 23.4 Å². The number of thiophene rings is 1. The Labute approximate surface area is 127 Å². The first kappa shape index (κ1) is 15.3. The van der Waals surface area contributed by atoms with Crippen molar-refractivity contribution in [2.45, 2.75) is 25.8 Å². The largest absolute Gasteiger partial charge is 0.480 e. The van der Waals surface area contributed by atoms with Gasteiger partial charge < -0.3 is 10.4 Å². The van der Waals surface area contributed by atoms with Crippen LogP contribution >= 0.6 is 11.3 Å². The summed E-state index contributed by atoms with van der Waals surface area (Å²) in [6, 6.07) is 10.6. The van der Waals surface area contributed by atoms with Crippen LogP contribution in [0.5, 0.6) is 0 Å². The van der Waals surface area contributed by atoms with Crippen molar-refractivity contribution in [1.29, 1.82) is 0 Å². The third-order valence-electron chi connectivity index (χ3n) is 3.14. The number of carboxylic acids is 1. The predicted octanol–water partition coefficient (Wildman–Crippen LogP) is 3.40. The van der Waals surface area contributed by atoms with Gasteiger partial charge in [0.05, 0.1) is 4.88 Å². The van der Waals surface area contributed by atoms with Crippen molar-refractivity contribution in [1.82, 2.24) is 5.32 Å². The molecule has 0 saturated heterocycles. The van der Waals surface area contributed by atoms with Crippen molar-refractivity contribution in [3.63, 3.8) is 0 Å². The third kappa shape index (κ3) is 3.70. The highest BCUT2D eigenvalue weighted by Crippen LogP contribution is 2.28. The predicted molar refractivity (Wildman–Crippen MR) is 83.6 cm³/mol. The molecule has 21 heavy (non-hydrogen) atoms. The molecule has 0 aliphatic carbocycles. The van der Waals surface area contributed by atoms with Gasteiger partial charge in [0.1, 0.15) is 6.04 Å². The Balaban J connectivity index is 2.21. The molecular formula is C16H17NO3S. The van der Waals surface area contributed by atoms with Gasteiger partial charge in [-0.1, -0.05) is 43.7 Å². The highest BCUT2D eigenvalue weighted by Gasteiger charge is 2.22. The summed E-state index contributed by atoms with van der Waals surface area (Å²) in [5.74, 6) is -1.33. The Bertz CT molecular complexity index is 621. The molecule has 1 aromatic heterocycles. The summed E-state index contributed by atoms with van der Waals surface area (Å²) in [5.41, 5.74) is 1.78. The maximum absolute atomic E-state index is 12.3. The zero-order chi connectivity index (χ0) is 15.2. The summed E-state index contributed by atoms with van der Waals surface area (Å²) in [6.07, 6.45) is 1.13.